The minimum Gasteiger partial charge on any atom is -0.235 e. The summed E-state index contributed by atoms with van der Waals surface area (Å²) in [5.74, 6) is 0. The Morgan fingerprint density at radius 2 is 1.00 bits per heavy atom. The van der Waals surface area contributed by atoms with Gasteiger partial charge in [0.05, 0.1) is 0 Å². The van der Waals surface area contributed by atoms with Crippen molar-refractivity contribution in [2.45, 2.75) is 0 Å². The van der Waals surface area contributed by atoms with Crippen molar-refractivity contribution in [2.24, 2.45) is 0 Å². The van der Waals surface area contributed by atoms with Gasteiger partial charge in [0.15, 0.2) is 0 Å². The van der Waals surface area contributed by atoms with Crippen LogP contribution in [0.1, 0.15) is 0 Å². The first-order valence-corrected chi connectivity index (χ1v) is 1.70. The van der Waals surface area contributed by atoms with Gasteiger partial charge in [-0.05, 0) is 0 Å². The van der Waals surface area contributed by atoms with Crippen LogP contribution in [0.2, 0.25) is 0 Å². The highest BCUT2D eigenvalue weighted by atomic mass is 28.4. The fourth-order valence-corrected chi connectivity index (χ4v) is 0. The van der Waals surface area contributed by atoms with E-state index in [1.807, 2.05) is 0 Å². The Labute approximate surface area is 23.4 Å². The molecule has 0 unspecified atom stereocenters. The van der Waals surface area contributed by atoms with Crippen LogP contribution in [0.3, 0.4) is 0 Å². The minimum atomic E-state index is -4.38. The fraction of sp³-hybridized carbons (Fsp3) is 0. The zero-order chi connectivity index (χ0) is 3.58. The SMILES string of the molecule is F[Si](F)F. The Balaban J connectivity index is 2.32. The Morgan fingerprint density at radius 1 is 1.00 bits per heavy atom. The third-order valence-corrected chi connectivity index (χ3v) is 0. The molecular formula is F3Si. The zero-order valence-electron chi connectivity index (χ0n) is 1.63. The zero-order valence-corrected chi connectivity index (χ0v) is 2.63. The number of halogens is 3. The lowest BCUT2D eigenvalue weighted by atomic mass is 18.7. The van der Waals surface area contributed by atoms with E-state index in [2.05, 4.69) is 0 Å². The molecule has 0 aliphatic heterocycles. The maximum atomic E-state index is 9.77. The van der Waals surface area contributed by atoms with Gasteiger partial charge >= 0.3 is 9.80 Å². The lowest BCUT2D eigenvalue weighted by Crippen LogP contribution is -1.76. The van der Waals surface area contributed by atoms with Gasteiger partial charge in [-0.15, -0.1) is 0 Å². The molecule has 0 fully saturated rings. The molecule has 0 N–H and O–H groups in total. The van der Waals surface area contributed by atoms with E-state index in [1.165, 1.54) is 0 Å². The molecule has 0 nitrogen and oxygen atoms in total. The van der Waals surface area contributed by atoms with Gasteiger partial charge in [0, 0.05) is 0 Å². The molecule has 4 heavy (non-hydrogen) atoms. The second kappa shape index (κ2) is 1.34. The van der Waals surface area contributed by atoms with Crippen LogP contribution in [0.5, 0.6) is 0 Å². The molecule has 0 saturated carbocycles. The molecule has 25 valence electrons. The molecular weight excluding hydrogens is 85.1 g/mol. The quantitative estimate of drug-likeness (QED) is 0.302. The Kier molecular flexibility index (Phi) is 1.34. The lowest BCUT2D eigenvalue weighted by Gasteiger charge is -1.56. The van der Waals surface area contributed by atoms with Crippen molar-refractivity contribution >= 4 is 9.80 Å². The van der Waals surface area contributed by atoms with Gasteiger partial charge in [-0.25, -0.2) is 12.3 Å². The van der Waals surface area contributed by atoms with Crippen LogP contribution in [0.4, 0.5) is 12.3 Å². The summed E-state index contributed by atoms with van der Waals surface area (Å²) in [6.45, 7) is 0. The number of hydrogen-bond acceptors (Lipinski definition) is 0. The van der Waals surface area contributed by atoms with E-state index in [1.54, 1.807) is 0 Å². The van der Waals surface area contributed by atoms with Gasteiger partial charge in [0.2, 0.25) is 0 Å². The second-order valence-corrected chi connectivity index (χ2v) is 0.643. The summed E-state index contributed by atoms with van der Waals surface area (Å²) < 4.78 is 29.3. The van der Waals surface area contributed by atoms with Crippen LogP contribution in [0.25, 0.3) is 0 Å². The maximum absolute atomic E-state index is 9.77. The fourth-order valence-electron chi connectivity index (χ4n) is 0. The molecule has 0 aromatic heterocycles. The van der Waals surface area contributed by atoms with Crippen molar-refractivity contribution in [2.75, 3.05) is 0 Å². The molecule has 4 heteroatoms. The summed E-state index contributed by atoms with van der Waals surface area (Å²) in [5.41, 5.74) is 0. The van der Waals surface area contributed by atoms with Crippen molar-refractivity contribution in [3.8, 4) is 0 Å². The molecule has 0 saturated heterocycles. The normalized spacial score (nSPS) is 9.00. The maximum Gasteiger partial charge on any atom is 0.705 e. The first-order chi connectivity index (χ1) is 1.73. The average Bonchev–Trinajstić information content (AvgIpc) is 0.811. The van der Waals surface area contributed by atoms with Crippen molar-refractivity contribution < 1.29 is 12.3 Å². The minimum absolute atomic E-state index is 4.38. The van der Waals surface area contributed by atoms with Crippen molar-refractivity contribution in [3.63, 3.8) is 0 Å². The van der Waals surface area contributed by atoms with E-state index in [-0.39, 0.29) is 0 Å². The summed E-state index contributed by atoms with van der Waals surface area (Å²) >= 11 is 0. The second-order valence-electron chi connectivity index (χ2n) is 0.214. The molecule has 0 atom stereocenters. The predicted octanol–water partition coefficient (Wildman–Crippen LogP) is 0.880. The van der Waals surface area contributed by atoms with Crippen LogP contribution >= 0.6 is 0 Å². The Bertz CT molecular complexity index is 8.00. The highest BCUT2D eigenvalue weighted by Gasteiger charge is 2.03. The standard InChI is InChI=1S/F3Si/c1-4(2)3. The van der Waals surface area contributed by atoms with Crippen molar-refractivity contribution in [3.05, 3.63) is 0 Å². The molecule has 0 aromatic rings. The van der Waals surface area contributed by atoms with Gasteiger partial charge in [0.1, 0.15) is 0 Å². The molecule has 0 aliphatic rings. The van der Waals surface area contributed by atoms with Gasteiger partial charge < -0.3 is 0 Å². The molecule has 0 spiro atoms. The lowest BCUT2D eigenvalue weighted by molar-refractivity contribution is 0.535. The van der Waals surface area contributed by atoms with Crippen molar-refractivity contribution in [1.82, 2.24) is 0 Å². The summed E-state index contributed by atoms with van der Waals surface area (Å²) in [6.07, 6.45) is 0. The molecule has 0 rings (SSSR count). The average molecular weight is 85.1 g/mol. The third kappa shape index (κ3) is 42900. The molecule has 0 bridgehead atoms. The number of rotatable bonds is 0. The van der Waals surface area contributed by atoms with Crippen LogP contribution in [-0.4, -0.2) is 9.80 Å². The highest BCUT2D eigenvalue weighted by molar-refractivity contribution is 6.33. The molecule has 0 aromatic carbocycles. The van der Waals surface area contributed by atoms with E-state index in [0.717, 1.165) is 0 Å². The van der Waals surface area contributed by atoms with Gasteiger partial charge in [-0.1, -0.05) is 0 Å². The highest BCUT2D eigenvalue weighted by Crippen LogP contribution is 1.80. The van der Waals surface area contributed by atoms with Crippen LogP contribution in [0, 0.1) is 0 Å². The molecule has 0 amide bonds. The number of hydrogen-bond donors (Lipinski definition) is 0. The first kappa shape index (κ1) is 4.01. The van der Waals surface area contributed by atoms with E-state index in [9.17, 15) is 12.3 Å². The predicted molar refractivity (Wildman–Crippen MR) is 9.08 cm³/mol. The largest absolute Gasteiger partial charge is 0.705 e. The van der Waals surface area contributed by atoms with Gasteiger partial charge in [-0.2, -0.15) is 0 Å². The van der Waals surface area contributed by atoms with E-state index >= 15 is 0 Å². The van der Waals surface area contributed by atoms with Gasteiger partial charge in [-0.3, -0.25) is 0 Å². The topological polar surface area (TPSA) is 0 Å². The van der Waals surface area contributed by atoms with Crippen LogP contribution < -0.4 is 0 Å². The summed E-state index contributed by atoms with van der Waals surface area (Å²) in [5, 5.41) is 0. The van der Waals surface area contributed by atoms with E-state index < -0.39 is 9.80 Å². The van der Waals surface area contributed by atoms with Crippen LogP contribution in [-0.2, 0) is 0 Å². The third-order valence-electron chi connectivity index (χ3n) is 0. The van der Waals surface area contributed by atoms with Gasteiger partial charge in [0.25, 0.3) is 0 Å². The van der Waals surface area contributed by atoms with E-state index in [4.69, 9.17) is 0 Å². The summed E-state index contributed by atoms with van der Waals surface area (Å²) in [4.78, 5) is 0. The smallest absolute Gasteiger partial charge is 0.235 e. The Hall–Kier alpha value is 0.00688. The summed E-state index contributed by atoms with van der Waals surface area (Å²) in [6, 6.07) is 0. The molecule has 0 heterocycles. The van der Waals surface area contributed by atoms with Crippen LogP contribution in [0.15, 0.2) is 0 Å². The molecule has 0 aliphatic carbocycles. The monoisotopic (exact) mass is 85.0 g/mol. The Morgan fingerprint density at radius 3 is 1.00 bits per heavy atom. The molecule has 1 radical (unpaired) electrons. The van der Waals surface area contributed by atoms with Crippen molar-refractivity contribution in [1.29, 1.82) is 0 Å². The first-order valence-electron chi connectivity index (χ1n) is 0.567. The van der Waals surface area contributed by atoms with E-state index in [0.29, 0.717) is 0 Å². The summed E-state index contributed by atoms with van der Waals surface area (Å²) in [7, 11) is -4.38.